The lowest BCUT2D eigenvalue weighted by atomic mass is 10.1. The highest BCUT2D eigenvalue weighted by Crippen LogP contribution is 2.41. The minimum Gasteiger partial charge on any atom is -0.505 e. The maximum Gasteiger partial charge on any atom is 0.149 e. The summed E-state index contributed by atoms with van der Waals surface area (Å²) in [4.78, 5) is 3.26. The summed E-state index contributed by atoms with van der Waals surface area (Å²) in [5.74, 6) is 0.0823. The Bertz CT molecular complexity index is 705. The molecular formula is C12H7BrClNO. The zero-order chi connectivity index (χ0) is 11.3. The lowest BCUT2D eigenvalue weighted by molar-refractivity contribution is 0.473. The van der Waals surface area contributed by atoms with E-state index in [1.807, 2.05) is 24.3 Å². The first-order valence-electron chi connectivity index (χ1n) is 4.76. The van der Waals surface area contributed by atoms with Gasteiger partial charge in [0.15, 0.2) is 0 Å². The van der Waals surface area contributed by atoms with E-state index in [1.165, 1.54) is 0 Å². The largest absolute Gasteiger partial charge is 0.505 e. The molecule has 0 amide bonds. The van der Waals surface area contributed by atoms with Gasteiger partial charge in [0.05, 0.1) is 9.50 Å². The maximum absolute atomic E-state index is 9.79. The number of aromatic hydroxyl groups is 1. The highest BCUT2D eigenvalue weighted by atomic mass is 79.9. The highest BCUT2D eigenvalue weighted by molar-refractivity contribution is 9.10. The monoisotopic (exact) mass is 295 g/mol. The van der Waals surface area contributed by atoms with Crippen LogP contribution < -0.4 is 0 Å². The van der Waals surface area contributed by atoms with E-state index in [1.54, 1.807) is 6.07 Å². The smallest absolute Gasteiger partial charge is 0.149 e. The van der Waals surface area contributed by atoms with Crippen LogP contribution in [0.1, 0.15) is 0 Å². The zero-order valence-corrected chi connectivity index (χ0v) is 10.4. The number of aromatic nitrogens is 1. The van der Waals surface area contributed by atoms with Crippen molar-refractivity contribution >= 4 is 49.3 Å². The fourth-order valence-corrected chi connectivity index (χ4v) is 2.88. The number of phenolic OH excluding ortho intramolecular Hbond substituents is 1. The van der Waals surface area contributed by atoms with Crippen LogP contribution in [0.3, 0.4) is 0 Å². The Morgan fingerprint density at radius 3 is 2.75 bits per heavy atom. The maximum atomic E-state index is 9.79. The van der Waals surface area contributed by atoms with Crippen molar-refractivity contribution in [2.75, 3.05) is 0 Å². The molecule has 0 atom stereocenters. The molecule has 1 heterocycles. The molecule has 0 fully saturated rings. The van der Waals surface area contributed by atoms with Gasteiger partial charge in [0.2, 0.25) is 0 Å². The van der Waals surface area contributed by atoms with Crippen LogP contribution in [-0.2, 0) is 0 Å². The molecule has 16 heavy (non-hydrogen) atoms. The van der Waals surface area contributed by atoms with E-state index in [0.717, 1.165) is 21.8 Å². The van der Waals surface area contributed by atoms with E-state index in [4.69, 9.17) is 11.6 Å². The van der Waals surface area contributed by atoms with Crippen molar-refractivity contribution in [1.82, 2.24) is 4.98 Å². The second kappa shape index (κ2) is 3.40. The fraction of sp³-hybridized carbons (Fsp3) is 0. The molecule has 0 spiro atoms. The van der Waals surface area contributed by atoms with Gasteiger partial charge in [-0.25, -0.2) is 0 Å². The second-order valence-electron chi connectivity index (χ2n) is 3.61. The molecule has 0 saturated carbocycles. The third-order valence-corrected chi connectivity index (χ3v) is 3.72. The Hall–Kier alpha value is -1.19. The van der Waals surface area contributed by atoms with Gasteiger partial charge in [-0.1, -0.05) is 29.8 Å². The van der Waals surface area contributed by atoms with E-state index in [-0.39, 0.29) is 5.75 Å². The molecule has 2 N–H and O–H groups in total. The lowest BCUT2D eigenvalue weighted by Crippen LogP contribution is -1.75. The molecular weight excluding hydrogens is 289 g/mol. The summed E-state index contributed by atoms with van der Waals surface area (Å²) in [5.41, 5.74) is 1.94. The molecule has 80 valence electrons. The van der Waals surface area contributed by atoms with Gasteiger partial charge in [-0.15, -0.1) is 0 Å². The van der Waals surface area contributed by atoms with Gasteiger partial charge in [0.25, 0.3) is 0 Å². The highest BCUT2D eigenvalue weighted by Gasteiger charge is 2.13. The molecule has 0 bridgehead atoms. The molecule has 2 nitrogen and oxygen atoms in total. The number of H-pyrrole nitrogens is 1. The average molecular weight is 297 g/mol. The van der Waals surface area contributed by atoms with E-state index < -0.39 is 0 Å². The Kier molecular flexibility index (Phi) is 2.13. The minimum atomic E-state index is 0.0823. The zero-order valence-electron chi connectivity index (χ0n) is 8.09. The molecule has 0 aliphatic rings. The number of nitrogens with one attached hydrogen (secondary N) is 1. The van der Waals surface area contributed by atoms with Crippen molar-refractivity contribution in [2.45, 2.75) is 0 Å². The van der Waals surface area contributed by atoms with Crippen LogP contribution in [-0.4, -0.2) is 10.1 Å². The van der Waals surface area contributed by atoms with Gasteiger partial charge >= 0.3 is 0 Å². The van der Waals surface area contributed by atoms with E-state index >= 15 is 0 Å². The number of phenols is 1. The van der Waals surface area contributed by atoms with Crippen molar-refractivity contribution in [1.29, 1.82) is 0 Å². The summed E-state index contributed by atoms with van der Waals surface area (Å²) in [7, 11) is 0. The normalized spacial score (nSPS) is 11.4. The summed E-state index contributed by atoms with van der Waals surface area (Å²) >= 11 is 9.30. The van der Waals surface area contributed by atoms with Gasteiger partial charge in [0, 0.05) is 21.8 Å². The van der Waals surface area contributed by atoms with Crippen LogP contribution in [0.5, 0.6) is 5.75 Å². The Morgan fingerprint density at radius 1 is 1.19 bits per heavy atom. The van der Waals surface area contributed by atoms with Gasteiger partial charge in [-0.2, -0.15) is 0 Å². The molecule has 4 heteroatoms. The molecule has 3 aromatic rings. The van der Waals surface area contributed by atoms with Crippen molar-refractivity contribution in [3.8, 4) is 5.75 Å². The Morgan fingerprint density at radius 2 is 1.94 bits per heavy atom. The topological polar surface area (TPSA) is 36.0 Å². The fourth-order valence-electron chi connectivity index (χ4n) is 1.93. The van der Waals surface area contributed by atoms with Gasteiger partial charge < -0.3 is 10.1 Å². The average Bonchev–Trinajstić information content (AvgIpc) is 2.64. The number of benzene rings is 2. The van der Waals surface area contributed by atoms with Crippen LogP contribution in [0.15, 0.2) is 34.8 Å². The number of para-hydroxylation sites is 1. The van der Waals surface area contributed by atoms with E-state index in [9.17, 15) is 5.11 Å². The van der Waals surface area contributed by atoms with Crippen LogP contribution in [0, 0.1) is 0 Å². The third-order valence-electron chi connectivity index (χ3n) is 2.66. The molecule has 0 unspecified atom stereocenters. The third kappa shape index (κ3) is 1.25. The number of halogens is 2. The quantitative estimate of drug-likeness (QED) is 0.632. The number of aromatic amines is 1. The Labute approximate surface area is 105 Å². The summed E-state index contributed by atoms with van der Waals surface area (Å²) < 4.78 is 0.632. The van der Waals surface area contributed by atoms with Crippen LogP contribution in [0.25, 0.3) is 21.8 Å². The van der Waals surface area contributed by atoms with Crippen molar-refractivity contribution < 1.29 is 5.11 Å². The first-order valence-corrected chi connectivity index (χ1v) is 5.93. The van der Waals surface area contributed by atoms with Crippen molar-refractivity contribution in [3.63, 3.8) is 0 Å². The number of fused-ring (bicyclic) bond motifs is 3. The first-order chi connectivity index (χ1) is 7.68. The van der Waals surface area contributed by atoms with Gasteiger partial charge in [-0.3, -0.25) is 0 Å². The molecule has 0 radical (unpaired) electrons. The van der Waals surface area contributed by atoms with Crippen molar-refractivity contribution in [2.24, 2.45) is 0 Å². The molecule has 0 saturated heterocycles. The summed E-state index contributed by atoms with van der Waals surface area (Å²) in [6, 6.07) is 9.66. The number of hydrogen-bond acceptors (Lipinski definition) is 1. The van der Waals surface area contributed by atoms with Crippen molar-refractivity contribution in [3.05, 3.63) is 39.8 Å². The van der Waals surface area contributed by atoms with Gasteiger partial charge in [-0.05, 0) is 28.1 Å². The molecule has 1 aromatic heterocycles. The first kappa shape index (κ1) is 10.00. The summed E-state index contributed by atoms with van der Waals surface area (Å²) in [5, 5.41) is 12.2. The SMILES string of the molecule is Oc1c(Cl)cc2[nH]c3ccccc3c2c1Br. The predicted octanol–water partition coefficient (Wildman–Crippen LogP) is 4.44. The number of rotatable bonds is 0. The van der Waals surface area contributed by atoms with Crippen LogP contribution in [0.2, 0.25) is 5.02 Å². The molecule has 3 rings (SSSR count). The molecule has 2 aromatic carbocycles. The minimum absolute atomic E-state index is 0.0823. The van der Waals surface area contributed by atoms with E-state index in [0.29, 0.717) is 9.50 Å². The predicted molar refractivity (Wildman–Crippen MR) is 70.2 cm³/mol. The second-order valence-corrected chi connectivity index (χ2v) is 4.81. The summed E-state index contributed by atoms with van der Waals surface area (Å²) in [6.45, 7) is 0. The standard InChI is InChI=1S/C12H7BrClNO/c13-11-10-6-3-1-2-4-8(6)15-9(10)5-7(14)12(11)16/h1-5,15-16H. The lowest BCUT2D eigenvalue weighted by Gasteiger charge is -2.01. The van der Waals surface area contributed by atoms with Crippen LogP contribution >= 0.6 is 27.5 Å². The van der Waals surface area contributed by atoms with Gasteiger partial charge in [0.1, 0.15) is 5.75 Å². The van der Waals surface area contributed by atoms with E-state index in [2.05, 4.69) is 20.9 Å². The number of hydrogen-bond donors (Lipinski definition) is 2. The molecule has 0 aliphatic heterocycles. The van der Waals surface area contributed by atoms with Crippen LogP contribution in [0.4, 0.5) is 0 Å². The Balaban J connectivity index is 2.62. The molecule has 0 aliphatic carbocycles. The summed E-state index contributed by atoms with van der Waals surface area (Å²) in [6.07, 6.45) is 0.